The first-order valence-corrected chi connectivity index (χ1v) is 18.5. The number of hydrogen-bond donors (Lipinski definition) is 1. The third-order valence-corrected chi connectivity index (χ3v) is 11.0. The average Bonchev–Trinajstić information content (AvgIpc) is 3.80. The number of aromatic nitrogens is 3. The van der Waals surface area contributed by atoms with Crippen molar-refractivity contribution in [3.05, 3.63) is 89.0 Å². The molecule has 0 saturated heterocycles. The number of carbonyl (C=O) groups excluding carboxylic acids is 2. The molecule has 0 saturated carbocycles. The van der Waals surface area contributed by atoms with Gasteiger partial charge in [0.1, 0.15) is 35.4 Å². The number of thiophene rings is 1. The molecule has 7 rings (SSSR count). The maximum absolute atomic E-state index is 16.2. The smallest absolute Gasteiger partial charge is 0.246 e. The Bertz CT molecular complexity index is 2250. The number of nitrogens with zero attached hydrogens (tertiary/aromatic N) is 6. The molecule has 0 aliphatic carbocycles. The number of benzene rings is 2. The zero-order valence-corrected chi connectivity index (χ0v) is 31.2. The van der Waals surface area contributed by atoms with Crippen LogP contribution < -0.4 is 4.74 Å². The molecule has 2 amide bonds. The first-order chi connectivity index (χ1) is 25.3. The third-order valence-electron chi connectivity index (χ3n) is 10.0. The molecule has 2 aliphatic heterocycles. The topological polar surface area (TPSA) is 104 Å². The van der Waals surface area contributed by atoms with Crippen LogP contribution >= 0.6 is 11.3 Å². The predicted molar refractivity (Wildman–Crippen MR) is 202 cm³/mol. The number of fused-ring (bicyclic) bond motifs is 3. The molecule has 0 unspecified atom stereocenters. The Morgan fingerprint density at radius 2 is 1.91 bits per heavy atom. The van der Waals surface area contributed by atoms with E-state index in [9.17, 15) is 19.1 Å². The zero-order chi connectivity index (χ0) is 37.7. The lowest BCUT2D eigenvalue weighted by molar-refractivity contribution is -0.130. The molecule has 53 heavy (non-hydrogen) atoms. The van der Waals surface area contributed by atoms with Crippen molar-refractivity contribution in [2.45, 2.75) is 51.9 Å². The largest absolute Gasteiger partial charge is 0.490 e. The SMILES string of the molecule is C=CC(=O)N1C[C@H](C)n2nc(-c3nc(-c4ccc5c(c4)CCN(CC(=O)N(C)C)C5)c4ccsc4c3-c3c(F)cc(F)cc3OC[C@@H](C)O)cc2[C@H]1C. The summed E-state index contributed by atoms with van der Waals surface area (Å²) in [6.07, 6.45) is 1.18. The molecule has 3 aromatic heterocycles. The minimum Gasteiger partial charge on any atom is -0.490 e. The van der Waals surface area contributed by atoms with E-state index in [0.717, 1.165) is 52.9 Å². The zero-order valence-electron chi connectivity index (χ0n) is 30.4. The van der Waals surface area contributed by atoms with E-state index in [4.69, 9.17) is 14.8 Å². The van der Waals surface area contributed by atoms with Gasteiger partial charge in [0.15, 0.2) is 0 Å². The van der Waals surface area contributed by atoms with Crippen LogP contribution in [0.3, 0.4) is 0 Å². The Kier molecular flexibility index (Phi) is 9.92. The summed E-state index contributed by atoms with van der Waals surface area (Å²) < 4.78 is 39.5. The first kappa shape index (κ1) is 36.4. The molecule has 5 heterocycles. The minimum atomic E-state index is -0.885. The van der Waals surface area contributed by atoms with Gasteiger partial charge in [-0.05, 0) is 68.0 Å². The van der Waals surface area contributed by atoms with Crippen LogP contribution in [0.15, 0.2) is 60.5 Å². The van der Waals surface area contributed by atoms with Crippen molar-refractivity contribution in [3.8, 4) is 39.5 Å². The summed E-state index contributed by atoms with van der Waals surface area (Å²) in [4.78, 5) is 36.0. The van der Waals surface area contributed by atoms with Gasteiger partial charge in [-0.3, -0.25) is 19.2 Å². The van der Waals surface area contributed by atoms with Crippen molar-refractivity contribution in [3.63, 3.8) is 0 Å². The number of pyridine rings is 1. The lowest BCUT2D eigenvalue weighted by Crippen LogP contribution is -2.42. The van der Waals surface area contributed by atoms with E-state index in [1.54, 1.807) is 23.9 Å². The van der Waals surface area contributed by atoms with Crippen molar-refractivity contribution in [2.75, 3.05) is 40.3 Å². The molecule has 276 valence electrons. The second kappa shape index (κ2) is 14.4. The number of hydrogen-bond acceptors (Lipinski definition) is 8. The molecule has 2 aliphatic rings. The van der Waals surface area contributed by atoms with Crippen LogP contribution in [0, 0.1) is 11.6 Å². The fourth-order valence-electron chi connectivity index (χ4n) is 7.27. The Hall–Kier alpha value is -4.98. The third kappa shape index (κ3) is 6.84. The van der Waals surface area contributed by atoms with Crippen LogP contribution in [-0.2, 0) is 22.6 Å². The molecule has 10 nitrogen and oxygen atoms in total. The molecule has 2 aromatic carbocycles. The number of rotatable bonds is 9. The normalized spacial score (nSPS) is 17.7. The van der Waals surface area contributed by atoms with Crippen molar-refractivity contribution in [2.24, 2.45) is 0 Å². The molecule has 3 atom stereocenters. The van der Waals surface area contributed by atoms with Gasteiger partial charge in [0.2, 0.25) is 11.8 Å². The summed E-state index contributed by atoms with van der Waals surface area (Å²) in [5.74, 6) is -1.84. The fourth-order valence-corrected chi connectivity index (χ4v) is 8.22. The van der Waals surface area contributed by atoms with Crippen molar-refractivity contribution in [1.29, 1.82) is 0 Å². The van der Waals surface area contributed by atoms with Gasteiger partial charge in [-0.1, -0.05) is 18.7 Å². The number of carbonyl (C=O) groups is 2. The fraction of sp³-hybridized carbons (Fsp3) is 0.350. The number of ether oxygens (including phenoxy) is 1. The molecule has 0 bridgehead atoms. The van der Waals surface area contributed by atoms with E-state index in [2.05, 4.69) is 23.6 Å². The molecule has 5 aromatic rings. The lowest BCUT2D eigenvalue weighted by Gasteiger charge is -2.36. The highest BCUT2D eigenvalue weighted by Crippen LogP contribution is 2.48. The van der Waals surface area contributed by atoms with Crippen LogP contribution in [0.25, 0.3) is 43.9 Å². The van der Waals surface area contributed by atoms with Crippen LogP contribution in [0.4, 0.5) is 8.78 Å². The summed E-state index contributed by atoms with van der Waals surface area (Å²) in [5, 5.41) is 17.8. The van der Waals surface area contributed by atoms with Gasteiger partial charge >= 0.3 is 0 Å². The average molecular weight is 741 g/mol. The summed E-state index contributed by atoms with van der Waals surface area (Å²) in [6, 6.07) is 11.5. The van der Waals surface area contributed by atoms with Crippen molar-refractivity contribution in [1.82, 2.24) is 29.5 Å². The number of aliphatic hydroxyl groups is 1. The molecule has 0 spiro atoms. The second-order valence-corrected chi connectivity index (χ2v) is 15.0. The monoisotopic (exact) mass is 740 g/mol. The Labute approximate surface area is 310 Å². The number of amides is 2. The molecule has 0 fully saturated rings. The van der Waals surface area contributed by atoms with Gasteiger partial charge in [0, 0.05) is 67.1 Å². The van der Waals surface area contributed by atoms with Gasteiger partial charge in [-0.2, -0.15) is 5.10 Å². The second-order valence-electron chi connectivity index (χ2n) is 14.1. The van der Waals surface area contributed by atoms with Gasteiger partial charge in [-0.25, -0.2) is 13.8 Å². The summed E-state index contributed by atoms with van der Waals surface area (Å²) >= 11 is 1.41. The van der Waals surface area contributed by atoms with E-state index >= 15 is 4.39 Å². The molecule has 13 heteroatoms. The van der Waals surface area contributed by atoms with E-state index < -0.39 is 17.7 Å². The Balaban J connectivity index is 1.42. The highest BCUT2D eigenvalue weighted by atomic mass is 32.1. The van der Waals surface area contributed by atoms with Crippen LogP contribution in [0.5, 0.6) is 5.75 Å². The standard InChI is InChI=1S/C40H42F2N6O4S/c1-7-34(50)47-18-22(2)48-32(24(47)4)17-31(44-48)39-37(36-30(42)15-28(41)16-33(36)52-21-23(3)49)40-29(11-13-53-40)38(43-39)26-8-9-27-19-46(12-10-25(27)14-26)20-35(51)45(5)6/h7-9,11,13-17,22-24,49H,1,10,12,18-21H2,2-6H3/t22-,23+,24+/m0/s1. The van der Waals surface area contributed by atoms with Gasteiger partial charge < -0.3 is 19.6 Å². The van der Waals surface area contributed by atoms with E-state index in [1.165, 1.54) is 24.3 Å². The first-order valence-electron chi connectivity index (χ1n) is 17.6. The Morgan fingerprint density at radius 3 is 2.64 bits per heavy atom. The van der Waals surface area contributed by atoms with Crippen molar-refractivity contribution >= 4 is 33.2 Å². The van der Waals surface area contributed by atoms with Gasteiger partial charge in [0.05, 0.1) is 41.7 Å². The van der Waals surface area contributed by atoms with E-state index in [-0.39, 0.29) is 41.8 Å². The van der Waals surface area contributed by atoms with Crippen LogP contribution in [-0.4, -0.2) is 92.8 Å². The van der Waals surface area contributed by atoms with Crippen LogP contribution in [0.2, 0.25) is 0 Å². The maximum Gasteiger partial charge on any atom is 0.246 e. The molecule has 1 N–H and O–H groups in total. The predicted octanol–water partition coefficient (Wildman–Crippen LogP) is 6.63. The number of halogens is 2. The summed E-state index contributed by atoms with van der Waals surface area (Å²) in [7, 11) is 3.52. The van der Waals surface area contributed by atoms with Gasteiger partial charge in [-0.15, -0.1) is 11.3 Å². The van der Waals surface area contributed by atoms with E-state index in [0.29, 0.717) is 47.0 Å². The summed E-state index contributed by atoms with van der Waals surface area (Å²) in [6.45, 7) is 11.1. The number of likely N-dealkylation sites (N-methyl/N-ethyl adjacent to an activating group) is 1. The van der Waals surface area contributed by atoms with Crippen molar-refractivity contribution < 1.29 is 28.2 Å². The van der Waals surface area contributed by atoms with Crippen LogP contribution in [0.1, 0.15) is 49.7 Å². The molecular weight excluding hydrogens is 699 g/mol. The lowest BCUT2D eigenvalue weighted by atomic mass is 9.93. The van der Waals surface area contributed by atoms with Gasteiger partial charge in [0.25, 0.3) is 0 Å². The quantitative estimate of drug-likeness (QED) is 0.169. The maximum atomic E-state index is 16.2. The number of aliphatic hydroxyl groups excluding tert-OH is 1. The van der Waals surface area contributed by atoms with E-state index in [1.807, 2.05) is 42.1 Å². The highest BCUT2D eigenvalue weighted by Gasteiger charge is 2.34. The minimum absolute atomic E-state index is 0.0156. The molecule has 0 radical (unpaired) electrons. The highest BCUT2D eigenvalue weighted by molar-refractivity contribution is 7.18. The summed E-state index contributed by atoms with van der Waals surface area (Å²) in [5.41, 5.74) is 5.88. The Morgan fingerprint density at radius 1 is 1.11 bits per heavy atom. The molecular formula is C40H42F2N6O4S.